The molecule has 0 spiro atoms. The van der Waals surface area contributed by atoms with Crippen molar-refractivity contribution in [3.05, 3.63) is 0 Å². The zero-order valence-electron chi connectivity index (χ0n) is 9.04. The Morgan fingerprint density at radius 1 is 1.08 bits per heavy atom. The Kier molecular flexibility index (Phi) is 2.82. The van der Waals surface area contributed by atoms with Crippen molar-refractivity contribution in [2.45, 2.75) is 47.0 Å². The van der Waals surface area contributed by atoms with E-state index in [9.17, 15) is 0 Å². The molecule has 1 unspecified atom stereocenters. The van der Waals surface area contributed by atoms with Gasteiger partial charge in [0, 0.05) is 0 Å². The molecule has 1 atom stereocenters. The molecule has 1 N–H and O–H groups in total. The van der Waals surface area contributed by atoms with Crippen LogP contribution in [0.5, 0.6) is 0 Å². The molecule has 1 fully saturated rings. The first-order valence-electron chi connectivity index (χ1n) is 5.16. The standard InChI is InChI=1S/C11H23N/c1-10(2,3)11(4)6-5-8-12-9-7-11/h12H,5-9H2,1-4H3. The average molecular weight is 169 g/mol. The summed E-state index contributed by atoms with van der Waals surface area (Å²) in [6.45, 7) is 12.0. The lowest BCUT2D eigenvalue weighted by Gasteiger charge is -2.41. The van der Waals surface area contributed by atoms with Gasteiger partial charge in [0.25, 0.3) is 0 Å². The molecule has 0 amide bonds. The summed E-state index contributed by atoms with van der Waals surface area (Å²) in [6.07, 6.45) is 4.05. The highest BCUT2D eigenvalue weighted by atomic mass is 14.9. The van der Waals surface area contributed by atoms with E-state index in [1.54, 1.807) is 0 Å². The number of hydrogen-bond acceptors (Lipinski definition) is 1. The van der Waals surface area contributed by atoms with Crippen LogP contribution in [-0.2, 0) is 0 Å². The third-order valence-electron chi connectivity index (χ3n) is 3.75. The van der Waals surface area contributed by atoms with Gasteiger partial charge in [-0.2, -0.15) is 0 Å². The van der Waals surface area contributed by atoms with Gasteiger partial charge < -0.3 is 5.32 Å². The normalized spacial score (nSPS) is 33.0. The van der Waals surface area contributed by atoms with Crippen molar-refractivity contribution in [2.75, 3.05) is 13.1 Å². The summed E-state index contributed by atoms with van der Waals surface area (Å²) in [5.74, 6) is 0. The fourth-order valence-electron chi connectivity index (χ4n) is 1.97. The van der Waals surface area contributed by atoms with Crippen molar-refractivity contribution in [3.8, 4) is 0 Å². The van der Waals surface area contributed by atoms with Crippen LogP contribution >= 0.6 is 0 Å². The minimum atomic E-state index is 0.457. The van der Waals surface area contributed by atoms with Crippen molar-refractivity contribution < 1.29 is 0 Å². The third kappa shape index (κ3) is 2.01. The molecular weight excluding hydrogens is 146 g/mol. The van der Waals surface area contributed by atoms with Crippen molar-refractivity contribution in [1.29, 1.82) is 0 Å². The first-order valence-corrected chi connectivity index (χ1v) is 5.16. The molecule has 0 aromatic heterocycles. The quantitative estimate of drug-likeness (QED) is 0.588. The second kappa shape index (κ2) is 3.37. The molecule has 0 radical (unpaired) electrons. The Balaban J connectivity index is 2.67. The highest BCUT2D eigenvalue weighted by Crippen LogP contribution is 2.45. The molecule has 1 aliphatic heterocycles. The molecular formula is C11H23N. The first kappa shape index (κ1) is 10.0. The maximum Gasteiger partial charge on any atom is -0.00435 e. The summed E-state index contributed by atoms with van der Waals surface area (Å²) < 4.78 is 0. The highest BCUT2D eigenvalue weighted by molar-refractivity contribution is 4.88. The van der Waals surface area contributed by atoms with Crippen molar-refractivity contribution in [2.24, 2.45) is 10.8 Å². The van der Waals surface area contributed by atoms with E-state index in [0.717, 1.165) is 0 Å². The van der Waals surface area contributed by atoms with Crippen LogP contribution in [0.25, 0.3) is 0 Å². The third-order valence-corrected chi connectivity index (χ3v) is 3.75. The topological polar surface area (TPSA) is 12.0 Å². The minimum absolute atomic E-state index is 0.457. The van der Waals surface area contributed by atoms with E-state index in [2.05, 4.69) is 33.0 Å². The summed E-state index contributed by atoms with van der Waals surface area (Å²) in [5, 5.41) is 3.47. The van der Waals surface area contributed by atoms with Crippen molar-refractivity contribution in [1.82, 2.24) is 5.32 Å². The smallest absolute Gasteiger partial charge is 0.00435 e. The van der Waals surface area contributed by atoms with E-state index >= 15 is 0 Å². The lowest BCUT2D eigenvalue weighted by Crippen LogP contribution is -2.33. The van der Waals surface area contributed by atoms with Crippen LogP contribution < -0.4 is 5.32 Å². The van der Waals surface area contributed by atoms with E-state index in [1.165, 1.54) is 32.4 Å². The molecule has 0 aromatic carbocycles. The zero-order valence-corrected chi connectivity index (χ0v) is 9.04. The summed E-state index contributed by atoms with van der Waals surface area (Å²) in [7, 11) is 0. The molecule has 1 heterocycles. The van der Waals surface area contributed by atoms with Crippen LogP contribution in [0.3, 0.4) is 0 Å². The molecule has 1 nitrogen and oxygen atoms in total. The van der Waals surface area contributed by atoms with Gasteiger partial charge in [0.05, 0.1) is 0 Å². The van der Waals surface area contributed by atoms with Crippen LogP contribution in [0, 0.1) is 10.8 Å². The Bertz CT molecular complexity index is 136. The van der Waals surface area contributed by atoms with Gasteiger partial charge in [0.15, 0.2) is 0 Å². The lowest BCUT2D eigenvalue weighted by molar-refractivity contribution is 0.0919. The Morgan fingerprint density at radius 2 is 1.75 bits per heavy atom. The van der Waals surface area contributed by atoms with E-state index in [0.29, 0.717) is 10.8 Å². The molecule has 12 heavy (non-hydrogen) atoms. The molecule has 1 aliphatic rings. The van der Waals surface area contributed by atoms with Crippen LogP contribution in [0.1, 0.15) is 47.0 Å². The Hall–Kier alpha value is -0.0400. The highest BCUT2D eigenvalue weighted by Gasteiger charge is 2.36. The minimum Gasteiger partial charge on any atom is -0.317 e. The molecule has 1 saturated heterocycles. The second-order valence-electron chi connectivity index (χ2n) is 5.41. The average Bonchev–Trinajstić information content (AvgIpc) is 2.12. The van der Waals surface area contributed by atoms with Gasteiger partial charge in [-0.1, -0.05) is 27.7 Å². The summed E-state index contributed by atoms with van der Waals surface area (Å²) in [5.41, 5.74) is 0.996. The monoisotopic (exact) mass is 169 g/mol. The van der Waals surface area contributed by atoms with Gasteiger partial charge in [-0.15, -0.1) is 0 Å². The van der Waals surface area contributed by atoms with Gasteiger partial charge in [0.2, 0.25) is 0 Å². The maximum atomic E-state index is 3.47. The van der Waals surface area contributed by atoms with E-state index in [1.807, 2.05) is 0 Å². The predicted octanol–water partition coefficient (Wildman–Crippen LogP) is 2.81. The van der Waals surface area contributed by atoms with Crippen molar-refractivity contribution in [3.63, 3.8) is 0 Å². The van der Waals surface area contributed by atoms with Crippen LogP contribution in [0.2, 0.25) is 0 Å². The number of hydrogen-bond donors (Lipinski definition) is 1. The SMILES string of the molecule is CC(C)(C)C1(C)CCCNCC1. The zero-order chi connectivity index (χ0) is 9.24. The molecule has 0 bridgehead atoms. The molecule has 0 aliphatic carbocycles. The Labute approximate surface area is 76.9 Å². The molecule has 0 saturated carbocycles. The van der Waals surface area contributed by atoms with Gasteiger partial charge in [-0.3, -0.25) is 0 Å². The lowest BCUT2D eigenvalue weighted by atomic mass is 9.64. The van der Waals surface area contributed by atoms with Gasteiger partial charge in [0.1, 0.15) is 0 Å². The fraction of sp³-hybridized carbons (Fsp3) is 1.00. The van der Waals surface area contributed by atoms with Crippen LogP contribution in [0.4, 0.5) is 0 Å². The number of nitrogens with one attached hydrogen (secondary N) is 1. The van der Waals surface area contributed by atoms with E-state index < -0.39 is 0 Å². The summed E-state index contributed by atoms with van der Waals surface area (Å²) in [4.78, 5) is 0. The summed E-state index contributed by atoms with van der Waals surface area (Å²) in [6, 6.07) is 0. The Morgan fingerprint density at radius 3 is 2.33 bits per heavy atom. The maximum absolute atomic E-state index is 3.47. The van der Waals surface area contributed by atoms with Crippen LogP contribution in [0.15, 0.2) is 0 Å². The first-order chi connectivity index (χ1) is 5.46. The van der Waals surface area contributed by atoms with Crippen molar-refractivity contribution >= 4 is 0 Å². The fourth-order valence-corrected chi connectivity index (χ4v) is 1.97. The van der Waals surface area contributed by atoms with Gasteiger partial charge in [-0.25, -0.2) is 0 Å². The molecule has 1 rings (SSSR count). The van der Waals surface area contributed by atoms with Crippen LogP contribution in [-0.4, -0.2) is 13.1 Å². The predicted molar refractivity (Wildman–Crippen MR) is 54.3 cm³/mol. The second-order valence-corrected chi connectivity index (χ2v) is 5.41. The molecule has 72 valence electrons. The largest absolute Gasteiger partial charge is 0.317 e. The number of rotatable bonds is 0. The van der Waals surface area contributed by atoms with E-state index in [-0.39, 0.29) is 0 Å². The summed E-state index contributed by atoms with van der Waals surface area (Å²) >= 11 is 0. The van der Waals surface area contributed by atoms with Gasteiger partial charge >= 0.3 is 0 Å². The molecule has 1 heteroatoms. The van der Waals surface area contributed by atoms with Gasteiger partial charge in [-0.05, 0) is 43.2 Å². The van der Waals surface area contributed by atoms with E-state index in [4.69, 9.17) is 0 Å². The molecule has 0 aromatic rings.